The lowest BCUT2D eigenvalue weighted by Gasteiger charge is -2.30. The number of amides is 3. The summed E-state index contributed by atoms with van der Waals surface area (Å²) >= 11 is 0. The fourth-order valence-electron chi connectivity index (χ4n) is 3.97. The highest BCUT2D eigenvalue weighted by Gasteiger charge is 2.36. The third kappa shape index (κ3) is 4.07. The number of fused-ring (bicyclic) bond motifs is 1. The van der Waals surface area contributed by atoms with E-state index in [4.69, 9.17) is 0 Å². The molecule has 0 unspecified atom stereocenters. The van der Waals surface area contributed by atoms with Crippen molar-refractivity contribution in [2.45, 2.75) is 25.8 Å². The van der Waals surface area contributed by atoms with E-state index in [1.165, 1.54) is 0 Å². The van der Waals surface area contributed by atoms with Crippen LogP contribution in [-0.2, 0) is 4.79 Å². The highest BCUT2D eigenvalue weighted by atomic mass is 16.2. The number of piperidine rings is 1. The van der Waals surface area contributed by atoms with Crippen LogP contribution in [0.4, 0.5) is 11.4 Å². The zero-order chi connectivity index (χ0) is 21.3. The predicted octanol–water partition coefficient (Wildman–Crippen LogP) is 2.74. The van der Waals surface area contributed by atoms with Gasteiger partial charge in [-0.25, -0.2) is 0 Å². The van der Waals surface area contributed by atoms with Gasteiger partial charge >= 0.3 is 0 Å². The Kier molecular flexibility index (Phi) is 5.55. The van der Waals surface area contributed by atoms with E-state index in [0.717, 1.165) is 42.1 Å². The summed E-state index contributed by atoms with van der Waals surface area (Å²) in [5.74, 6) is -1.26. The number of nitrogens with one attached hydrogen (secondary N) is 2. The van der Waals surface area contributed by atoms with E-state index in [2.05, 4.69) is 22.6 Å². The van der Waals surface area contributed by atoms with Crippen molar-refractivity contribution in [1.29, 1.82) is 0 Å². The maximum absolute atomic E-state index is 12.7. The number of imide groups is 1. The summed E-state index contributed by atoms with van der Waals surface area (Å²) in [6, 6.07) is 13.0. The molecule has 1 saturated heterocycles. The number of para-hydroxylation sites is 2. The Morgan fingerprint density at radius 2 is 1.67 bits per heavy atom. The summed E-state index contributed by atoms with van der Waals surface area (Å²) in [6.07, 6.45) is 2.07. The van der Waals surface area contributed by atoms with E-state index in [9.17, 15) is 14.4 Å². The van der Waals surface area contributed by atoms with E-state index in [-0.39, 0.29) is 6.54 Å². The SMILES string of the molecule is Cc1ccc2c(c1)C(=O)N(CC(=O)Nc1ccccc1NC1CCN(C)CC1)C2=O. The van der Waals surface area contributed by atoms with Crippen molar-refractivity contribution in [2.24, 2.45) is 0 Å². The summed E-state index contributed by atoms with van der Waals surface area (Å²) in [4.78, 5) is 41.2. The quantitative estimate of drug-likeness (QED) is 0.747. The Labute approximate surface area is 176 Å². The highest BCUT2D eigenvalue weighted by molar-refractivity contribution is 6.22. The molecule has 0 aromatic heterocycles. The fourth-order valence-corrected chi connectivity index (χ4v) is 3.97. The third-order valence-electron chi connectivity index (χ3n) is 5.71. The molecule has 2 aromatic carbocycles. The van der Waals surface area contributed by atoms with Crippen molar-refractivity contribution in [3.8, 4) is 0 Å². The molecule has 0 aliphatic carbocycles. The number of carbonyl (C=O) groups is 3. The van der Waals surface area contributed by atoms with Gasteiger partial charge in [0.15, 0.2) is 0 Å². The summed E-state index contributed by atoms with van der Waals surface area (Å²) < 4.78 is 0. The smallest absolute Gasteiger partial charge is 0.262 e. The summed E-state index contributed by atoms with van der Waals surface area (Å²) in [5, 5.41) is 6.38. The summed E-state index contributed by atoms with van der Waals surface area (Å²) in [7, 11) is 2.12. The van der Waals surface area contributed by atoms with Crippen LogP contribution in [0.5, 0.6) is 0 Å². The van der Waals surface area contributed by atoms with Crippen LogP contribution < -0.4 is 10.6 Å². The van der Waals surface area contributed by atoms with Gasteiger partial charge in [-0.2, -0.15) is 0 Å². The molecule has 2 aliphatic heterocycles. The Balaban J connectivity index is 1.43. The van der Waals surface area contributed by atoms with Gasteiger partial charge in [0.25, 0.3) is 11.8 Å². The van der Waals surface area contributed by atoms with Crippen LogP contribution >= 0.6 is 0 Å². The molecule has 3 amide bonds. The van der Waals surface area contributed by atoms with Crippen LogP contribution in [0.25, 0.3) is 0 Å². The summed E-state index contributed by atoms with van der Waals surface area (Å²) in [6.45, 7) is 3.62. The van der Waals surface area contributed by atoms with E-state index >= 15 is 0 Å². The Hall–Kier alpha value is -3.19. The molecule has 0 spiro atoms. The second-order valence-corrected chi connectivity index (χ2v) is 8.06. The third-order valence-corrected chi connectivity index (χ3v) is 5.71. The average molecular weight is 406 g/mol. The zero-order valence-electron chi connectivity index (χ0n) is 17.3. The zero-order valence-corrected chi connectivity index (χ0v) is 17.3. The van der Waals surface area contributed by atoms with Gasteiger partial charge in [-0.05, 0) is 64.2 Å². The van der Waals surface area contributed by atoms with Crippen LogP contribution in [0.15, 0.2) is 42.5 Å². The first-order valence-corrected chi connectivity index (χ1v) is 10.2. The lowest BCUT2D eigenvalue weighted by molar-refractivity contribution is -0.116. The number of benzene rings is 2. The second kappa shape index (κ2) is 8.28. The van der Waals surface area contributed by atoms with E-state index < -0.39 is 17.7 Å². The first kappa shape index (κ1) is 20.1. The van der Waals surface area contributed by atoms with Gasteiger partial charge < -0.3 is 15.5 Å². The monoisotopic (exact) mass is 406 g/mol. The maximum Gasteiger partial charge on any atom is 0.262 e. The minimum atomic E-state index is -0.428. The van der Waals surface area contributed by atoms with E-state index in [1.807, 2.05) is 31.2 Å². The lowest BCUT2D eigenvalue weighted by atomic mass is 10.0. The molecule has 2 heterocycles. The number of aryl methyl sites for hydroxylation is 1. The lowest BCUT2D eigenvalue weighted by Crippen LogP contribution is -2.38. The number of carbonyl (C=O) groups excluding carboxylic acids is 3. The van der Waals surface area contributed by atoms with Crippen LogP contribution in [0.3, 0.4) is 0 Å². The van der Waals surface area contributed by atoms with Gasteiger partial charge in [0.2, 0.25) is 5.91 Å². The summed E-state index contributed by atoms with van der Waals surface area (Å²) in [5.41, 5.74) is 3.10. The Bertz CT molecular complexity index is 996. The molecule has 2 N–H and O–H groups in total. The molecule has 30 heavy (non-hydrogen) atoms. The number of likely N-dealkylation sites (tertiary alicyclic amines) is 1. The minimum Gasteiger partial charge on any atom is -0.381 e. The molecule has 4 rings (SSSR count). The molecule has 1 fully saturated rings. The first-order valence-electron chi connectivity index (χ1n) is 10.2. The molecule has 0 atom stereocenters. The number of rotatable bonds is 5. The molecule has 156 valence electrons. The number of nitrogens with zero attached hydrogens (tertiary/aromatic N) is 2. The van der Waals surface area contributed by atoms with Crippen LogP contribution in [-0.4, -0.2) is 60.2 Å². The highest BCUT2D eigenvalue weighted by Crippen LogP contribution is 2.26. The first-order chi connectivity index (χ1) is 14.4. The molecule has 0 radical (unpaired) electrons. The largest absolute Gasteiger partial charge is 0.381 e. The van der Waals surface area contributed by atoms with Gasteiger partial charge in [0, 0.05) is 6.04 Å². The van der Waals surface area contributed by atoms with Gasteiger partial charge in [-0.1, -0.05) is 23.8 Å². The van der Waals surface area contributed by atoms with Gasteiger partial charge in [0.1, 0.15) is 6.54 Å². The molecular formula is C23H26N4O3. The molecule has 0 saturated carbocycles. The van der Waals surface area contributed by atoms with Crippen LogP contribution in [0.1, 0.15) is 39.1 Å². The number of hydrogen-bond donors (Lipinski definition) is 2. The molecule has 0 bridgehead atoms. The van der Waals surface area contributed by atoms with Gasteiger partial charge in [-0.3, -0.25) is 19.3 Å². The fraction of sp³-hybridized carbons (Fsp3) is 0.348. The molecule has 7 heteroatoms. The van der Waals surface area contributed by atoms with Crippen molar-refractivity contribution in [3.05, 3.63) is 59.2 Å². The van der Waals surface area contributed by atoms with E-state index in [1.54, 1.807) is 18.2 Å². The molecule has 2 aromatic rings. The van der Waals surface area contributed by atoms with Crippen molar-refractivity contribution in [2.75, 3.05) is 37.3 Å². The number of anilines is 2. The minimum absolute atomic E-state index is 0.312. The van der Waals surface area contributed by atoms with Crippen LogP contribution in [0, 0.1) is 6.92 Å². The Morgan fingerprint density at radius 3 is 2.40 bits per heavy atom. The van der Waals surface area contributed by atoms with Crippen molar-refractivity contribution < 1.29 is 14.4 Å². The van der Waals surface area contributed by atoms with Crippen molar-refractivity contribution >= 4 is 29.1 Å². The number of hydrogen-bond acceptors (Lipinski definition) is 5. The maximum atomic E-state index is 12.7. The normalized spacial score (nSPS) is 17.2. The molecule has 2 aliphatic rings. The van der Waals surface area contributed by atoms with Crippen LogP contribution in [0.2, 0.25) is 0 Å². The standard InChI is InChI=1S/C23H26N4O3/c1-15-7-8-17-18(13-15)23(30)27(22(17)29)14-21(28)25-20-6-4-3-5-19(20)24-16-9-11-26(2)12-10-16/h3-8,13,16,24H,9-12,14H2,1-2H3,(H,25,28). The van der Waals surface area contributed by atoms with Crippen molar-refractivity contribution in [1.82, 2.24) is 9.80 Å². The van der Waals surface area contributed by atoms with E-state index in [0.29, 0.717) is 22.9 Å². The molecular weight excluding hydrogens is 380 g/mol. The second-order valence-electron chi connectivity index (χ2n) is 8.06. The molecule has 7 nitrogen and oxygen atoms in total. The topological polar surface area (TPSA) is 81.8 Å². The average Bonchev–Trinajstić information content (AvgIpc) is 2.95. The van der Waals surface area contributed by atoms with Gasteiger partial charge in [0.05, 0.1) is 22.5 Å². The van der Waals surface area contributed by atoms with Crippen molar-refractivity contribution in [3.63, 3.8) is 0 Å². The van der Waals surface area contributed by atoms with Gasteiger partial charge in [-0.15, -0.1) is 0 Å². The Morgan fingerprint density at radius 1 is 1.00 bits per heavy atom. The predicted molar refractivity (Wildman–Crippen MR) is 116 cm³/mol.